The zero-order chi connectivity index (χ0) is 13.5. The molecule has 0 unspecified atom stereocenters. The molecule has 2 N–H and O–H groups in total. The van der Waals surface area contributed by atoms with E-state index in [0.29, 0.717) is 32.4 Å². The predicted octanol–water partition coefficient (Wildman–Crippen LogP) is 1.94. The number of para-hydroxylation sites is 1. The van der Waals surface area contributed by atoms with Crippen LogP contribution in [0.3, 0.4) is 0 Å². The molecule has 5 nitrogen and oxygen atoms in total. The van der Waals surface area contributed by atoms with Crippen LogP contribution < -0.4 is 5.32 Å². The van der Waals surface area contributed by atoms with E-state index in [4.69, 9.17) is 5.11 Å². The molecule has 3 rings (SSSR count). The summed E-state index contributed by atoms with van der Waals surface area (Å²) in [6, 6.07) is 7.81. The van der Waals surface area contributed by atoms with Crippen LogP contribution in [0, 0.1) is 5.41 Å². The Morgan fingerprint density at radius 3 is 2.63 bits per heavy atom. The molecular formula is C14H16N2O3. The second kappa shape index (κ2) is 4.26. The Balaban J connectivity index is 1.83. The minimum absolute atomic E-state index is 0.0382. The number of hydrogen-bond acceptors (Lipinski definition) is 2. The first-order chi connectivity index (χ1) is 9.11. The normalized spacial score (nSPS) is 20.8. The Kier molecular flexibility index (Phi) is 2.69. The second-order valence-corrected chi connectivity index (χ2v) is 5.34. The second-order valence-electron chi connectivity index (χ2n) is 5.34. The Labute approximate surface area is 111 Å². The summed E-state index contributed by atoms with van der Waals surface area (Å²) in [6.07, 6.45) is 1.01. The van der Waals surface area contributed by atoms with Crippen LogP contribution in [0.15, 0.2) is 24.3 Å². The lowest BCUT2D eigenvalue weighted by molar-refractivity contribution is -0.128. The van der Waals surface area contributed by atoms with Gasteiger partial charge >= 0.3 is 6.09 Å². The Morgan fingerprint density at radius 2 is 1.95 bits per heavy atom. The number of benzene rings is 1. The third-order valence-electron chi connectivity index (χ3n) is 4.27. The van der Waals surface area contributed by atoms with Crippen molar-refractivity contribution in [3.05, 3.63) is 29.8 Å². The van der Waals surface area contributed by atoms with Gasteiger partial charge < -0.3 is 15.3 Å². The summed E-state index contributed by atoms with van der Waals surface area (Å²) in [6.45, 7) is 0.871. The number of rotatable bonds is 0. The van der Waals surface area contributed by atoms with Crippen molar-refractivity contribution >= 4 is 17.7 Å². The molecular weight excluding hydrogens is 244 g/mol. The van der Waals surface area contributed by atoms with Gasteiger partial charge in [0.2, 0.25) is 5.91 Å². The average molecular weight is 260 g/mol. The van der Waals surface area contributed by atoms with Gasteiger partial charge in [-0.3, -0.25) is 4.79 Å². The lowest BCUT2D eigenvalue weighted by Gasteiger charge is -2.42. The van der Waals surface area contributed by atoms with Crippen LogP contribution >= 0.6 is 0 Å². The molecule has 0 aromatic heterocycles. The van der Waals surface area contributed by atoms with Gasteiger partial charge in [-0.15, -0.1) is 0 Å². The number of nitrogens with one attached hydrogen (secondary N) is 1. The van der Waals surface area contributed by atoms with Gasteiger partial charge in [0, 0.05) is 18.8 Å². The van der Waals surface area contributed by atoms with Crippen molar-refractivity contribution < 1.29 is 14.7 Å². The quantitative estimate of drug-likeness (QED) is 0.749. The molecule has 2 heterocycles. The van der Waals surface area contributed by atoms with Crippen molar-refractivity contribution in [2.45, 2.75) is 19.3 Å². The number of carbonyl (C=O) groups excluding carboxylic acids is 1. The highest BCUT2D eigenvalue weighted by molar-refractivity contribution is 5.98. The molecule has 19 heavy (non-hydrogen) atoms. The first-order valence-electron chi connectivity index (χ1n) is 6.48. The molecule has 2 aliphatic rings. The fraction of sp³-hybridized carbons (Fsp3) is 0.429. The molecule has 5 heteroatoms. The highest BCUT2D eigenvalue weighted by Crippen LogP contribution is 2.41. The van der Waals surface area contributed by atoms with Crippen molar-refractivity contribution in [2.75, 3.05) is 18.4 Å². The SMILES string of the molecule is O=C(O)N1CCC2(CC1)Cc1ccccc1NC2=O. The maximum atomic E-state index is 12.3. The summed E-state index contributed by atoms with van der Waals surface area (Å²) in [7, 11) is 0. The molecule has 0 bridgehead atoms. The summed E-state index contributed by atoms with van der Waals surface area (Å²) >= 11 is 0. The van der Waals surface area contributed by atoms with Crippen molar-refractivity contribution in [1.29, 1.82) is 0 Å². The number of amides is 2. The number of anilines is 1. The van der Waals surface area contributed by atoms with E-state index in [0.717, 1.165) is 11.3 Å². The first-order valence-corrected chi connectivity index (χ1v) is 6.48. The summed E-state index contributed by atoms with van der Waals surface area (Å²) < 4.78 is 0. The van der Waals surface area contributed by atoms with E-state index < -0.39 is 11.5 Å². The lowest BCUT2D eigenvalue weighted by atomic mass is 9.71. The largest absolute Gasteiger partial charge is 0.465 e. The molecule has 2 aliphatic heterocycles. The molecule has 1 saturated heterocycles. The molecule has 0 aliphatic carbocycles. The van der Waals surface area contributed by atoms with Gasteiger partial charge in [-0.25, -0.2) is 4.79 Å². The molecule has 1 aromatic rings. The highest BCUT2D eigenvalue weighted by Gasteiger charge is 2.44. The van der Waals surface area contributed by atoms with Crippen molar-refractivity contribution in [2.24, 2.45) is 5.41 Å². The zero-order valence-corrected chi connectivity index (χ0v) is 10.6. The van der Waals surface area contributed by atoms with Crippen LogP contribution in [0.5, 0.6) is 0 Å². The number of nitrogens with zero attached hydrogens (tertiary/aromatic N) is 1. The van der Waals surface area contributed by atoms with Gasteiger partial charge in [0.25, 0.3) is 0 Å². The molecule has 2 amide bonds. The van der Waals surface area contributed by atoms with E-state index in [1.54, 1.807) is 0 Å². The predicted molar refractivity (Wildman–Crippen MR) is 70.0 cm³/mol. The van der Waals surface area contributed by atoms with Gasteiger partial charge in [0.1, 0.15) is 0 Å². The molecule has 1 fully saturated rings. The van der Waals surface area contributed by atoms with Crippen LogP contribution in [-0.4, -0.2) is 35.1 Å². The van der Waals surface area contributed by atoms with E-state index in [1.165, 1.54) is 4.90 Å². The van der Waals surface area contributed by atoms with Crippen molar-refractivity contribution in [1.82, 2.24) is 4.90 Å². The van der Waals surface area contributed by atoms with Crippen LogP contribution in [0.25, 0.3) is 0 Å². The fourth-order valence-electron chi connectivity index (χ4n) is 3.03. The molecule has 0 radical (unpaired) electrons. The van der Waals surface area contributed by atoms with E-state index >= 15 is 0 Å². The van der Waals surface area contributed by atoms with Crippen LogP contribution in [0.2, 0.25) is 0 Å². The monoisotopic (exact) mass is 260 g/mol. The maximum Gasteiger partial charge on any atom is 0.407 e. The van der Waals surface area contributed by atoms with Gasteiger partial charge in [-0.1, -0.05) is 18.2 Å². The zero-order valence-electron chi connectivity index (χ0n) is 10.6. The topological polar surface area (TPSA) is 69.6 Å². The van der Waals surface area contributed by atoms with Crippen LogP contribution in [-0.2, 0) is 11.2 Å². The fourth-order valence-corrected chi connectivity index (χ4v) is 3.03. The summed E-state index contributed by atoms with van der Waals surface area (Å²) in [5.41, 5.74) is 1.60. The van der Waals surface area contributed by atoms with Gasteiger partial charge in [0.05, 0.1) is 5.41 Å². The van der Waals surface area contributed by atoms with E-state index in [2.05, 4.69) is 5.32 Å². The number of piperidine rings is 1. The van der Waals surface area contributed by atoms with E-state index in [-0.39, 0.29) is 5.91 Å². The van der Waals surface area contributed by atoms with E-state index in [9.17, 15) is 9.59 Å². The third-order valence-corrected chi connectivity index (χ3v) is 4.27. The van der Waals surface area contributed by atoms with Crippen molar-refractivity contribution in [3.63, 3.8) is 0 Å². The van der Waals surface area contributed by atoms with Gasteiger partial charge in [-0.2, -0.15) is 0 Å². The number of carbonyl (C=O) groups is 2. The number of carboxylic acid groups (broad SMARTS) is 1. The lowest BCUT2D eigenvalue weighted by Crippen LogP contribution is -2.50. The average Bonchev–Trinajstić information content (AvgIpc) is 2.41. The Hall–Kier alpha value is -2.04. The van der Waals surface area contributed by atoms with Gasteiger partial charge in [0.15, 0.2) is 0 Å². The third kappa shape index (κ3) is 1.95. The first kappa shape index (κ1) is 12.0. The molecule has 1 spiro atoms. The maximum absolute atomic E-state index is 12.3. The summed E-state index contributed by atoms with van der Waals surface area (Å²) in [5.74, 6) is 0.0382. The Morgan fingerprint density at radius 1 is 1.26 bits per heavy atom. The van der Waals surface area contributed by atoms with E-state index in [1.807, 2.05) is 24.3 Å². The Bertz CT molecular complexity index is 533. The van der Waals surface area contributed by atoms with Crippen LogP contribution in [0.1, 0.15) is 18.4 Å². The number of fused-ring (bicyclic) bond motifs is 1. The molecule has 1 aromatic carbocycles. The highest BCUT2D eigenvalue weighted by atomic mass is 16.4. The minimum Gasteiger partial charge on any atom is -0.465 e. The smallest absolute Gasteiger partial charge is 0.407 e. The molecule has 0 atom stereocenters. The minimum atomic E-state index is -0.897. The standard InChI is InChI=1S/C14H16N2O3/c17-12-14(5-7-16(8-6-14)13(18)19)9-10-3-1-2-4-11(10)15-12/h1-4H,5-9H2,(H,15,17)(H,18,19). The summed E-state index contributed by atoms with van der Waals surface area (Å²) in [4.78, 5) is 24.7. The van der Waals surface area contributed by atoms with Crippen LogP contribution in [0.4, 0.5) is 10.5 Å². The summed E-state index contributed by atoms with van der Waals surface area (Å²) in [5, 5.41) is 11.9. The van der Waals surface area contributed by atoms with Gasteiger partial charge in [-0.05, 0) is 30.9 Å². The molecule has 100 valence electrons. The van der Waals surface area contributed by atoms with Crippen molar-refractivity contribution in [3.8, 4) is 0 Å². The number of hydrogen-bond donors (Lipinski definition) is 2. The number of likely N-dealkylation sites (tertiary alicyclic amines) is 1. The molecule has 0 saturated carbocycles.